The van der Waals surface area contributed by atoms with Crippen molar-refractivity contribution in [2.75, 3.05) is 0 Å². The molecule has 0 aliphatic carbocycles. The minimum Gasteiger partial charge on any atom is -0.456 e. The van der Waals surface area contributed by atoms with Gasteiger partial charge in [0.15, 0.2) is 17.5 Å². The standard InChI is InChI=1S/C45H29N3O/c1-5-13-30(14-6-1)36-25-37(31-15-7-2-8-16-31)27-38(26-36)34-22-24-41-40(28-34)39-23-21-35(29-42(39)49-41)45-47-43(32-17-9-3-10-18-32)46-44(48-45)33-19-11-4-12-20-33/h1-29H/i21D,22D,23D,24D,28D,29D. The second-order valence-corrected chi connectivity index (χ2v) is 11.6. The third kappa shape index (κ3) is 5.56. The Labute approximate surface area is 292 Å². The van der Waals surface area contributed by atoms with E-state index in [0.717, 1.165) is 22.3 Å². The molecule has 0 bridgehead atoms. The molecule has 0 unspecified atom stereocenters. The Morgan fingerprint density at radius 3 is 1.29 bits per heavy atom. The van der Waals surface area contributed by atoms with E-state index in [2.05, 4.69) is 6.07 Å². The normalized spacial score (nSPS) is 13.0. The molecule has 9 aromatic rings. The largest absolute Gasteiger partial charge is 0.456 e. The van der Waals surface area contributed by atoms with Crippen LogP contribution in [0.3, 0.4) is 0 Å². The first-order valence-electron chi connectivity index (χ1n) is 18.9. The topological polar surface area (TPSA) is 51.8 Å². The van der Waals surface area contributed by atoms with E-state index < -0.39 is 0 Å². The fourth-order valence-electron chi connectivity index (χ4n) is 5.93. The summed E-state index contributed by atoms with van der Waals surface area (Å²) in [5.41, 5.74) is 5.56. The first kappa shape index (κ1) is 22.8. The molecule has 0 saturated heterocycles. The Balaban J connectivity index is 1.29. The van der Waals surface area contributed by atoms with Crippen LogP contribution < -0.4 is 0 Å². The minimum absolute atomic E-state index is 0.0174. The quantitative estimate of drug-likeness (QED) is 0.183. The monoisotopic (exact) mass is 633 g/mol. The number of furan rings is 1. The van der Waals surface area contributed by atoms with Crippen molar-refractivity contribution in [2.45, 2.75) is 0 Å². The SMILES string of the molecule is [2H]c1c(-c2cc(-c3ccccc3)cc(-c3ccccc3)c2)c([2H])c2c(oc3c([2H])c(-c4nc(-c5ccccc5)nc(-c5ccccc5)n4)c([2H])c([2H])c32)c1[2H]. The summed E-state index contributed by atoms with van der Waals surface area (Å²) in [6.07, 6.45) is 0. The molecular weight excluding hydrogens is 599 g/mol. The van der Waals surface area contributed by atoms with Gasteiger partial charge in [-0.15, -0.1) is 0 Å². The van der Waals surface area contributed by atoms with Gasteiger partial charge >= 0.3 is 0 Å². The average molecular weight is 634 g/mol. The van der Waals surface area contributed by atoms with Crippen molar-refractivity contribution < 1.29 is 12.6 Å². The maximum absolute atomic E-state index is 9.56. The van der Waals surface area contributed by atoms with Crippen LogP contribution in [0.15, 0.2) is 180 Å². The maximum Gasteiger partial charge on any atom is 0.164 e. The molecule has 4 nitrogen and oxygen atoms in total. The molecule has 2 aromatic heterocycles. The number of nitrogens with zero attached hydrogens (tertiary/aromatic N) is 3. The van der Waals surface area contributed by atoms with E-state index in [1.807, 2.05) is 133 Å². The van der Waals surface area contributed by atoms with Crippen LogP contribution in [0.2, 0.25) is 0 Å². The predicted octanol–water partition coefficient (Wildman–Crippen LogP) is 11.8. The zero-order valence-corrected chi connectivity index (χ0v) is 26.0. The first-order chi connectivity index (χ1) is 26.8. The van der Waals surface area contributed by atoms with E-state index in [4.69, 9.17) is 20.7 Å². The molecule has 7 aromatic carbocycles. The summed E-state index contributed by atoms with van der Waals surface area (Å²) in [6.45, 7) is 0. The number of rotatable bonds is 6. The molecule has 2 heterocycles. The molecule has 0 amide bonds. The summed E-state index contributed by atoms with van der Waals surface area (Å²) in [7, 11) is 0. The molecular formula is C45H29N3O. The highest BCUT2D eigenvalue weighted by Gasteiger charge is 2.16. The summed E-state index contributed by atoms with van der Waals surface area (Å²) < 4.78 is 62.0. The summed E-state index contributed by atoms with van der Waals surface area (Å²) in [5, 5.41) is 0.151. The lowest BCUT2D eigenvalue weighted by molar-refractivity contribution is 0.669. The molecule has 0 atom stereocenters. The van der Waals surface area contributed by atoms with E-state index in [1.54, 1.807) is 0 Å². The molecule has 0 N–H and O–H groups in total. The first-order valence-corrected chi connectivity index (χ1v) is 15.9. The Kier molecular flexibility index (Phi) is 5.67. The van der Waals surface area contributed by atoms with E-state index in [0.29, 0.717) is 28.3 Å². The zero-order valence-electron chi connectivity index (χ0n) is 32.0. The highest BCUT2D eigenvalue weighted by molar-refractivity contribution is 6.07. The van der Waals surface area contributed by atoms with Crippen LogP contribution in [-0.4, -0.2) is 15.0 Å². The van der Waals surface area contributed by atoms with Gasteiger partial charge in [-0.25, -0.2) is 15.0 Å². The van der Waals surface area contributed by atoms with Crippen LogP contribution in [0, 0.1) is 0 Å². The predicted molar refractivity (Wildman–Crippen MR) is 200 cm³/mol. The third-order valence-corrected chi connectivity index (χ3v) is 8.37. The van der Waals surface area contributed by atoms with Gasteiger partial charge in [-0.1, -0.05) is 133 Å². The summed E-state index contributed by atoms with van der Waals surface area (Å²) in [5.74, 6) is 0.679. The third-order valence-electron chi connectivity index (χ3n) is 8.37. The van der Waals surface area contributed by atoms with Crippen LogP contribution >= 0.6 is 0 Å². The molecule has 0 fully saturated rings. The van der Waals surface area contributed by atoms with Gasteiger partial charge in [0, 0.05) is 27.5 Å². The van der Waals surface area contributed by atoms with Gasteiger partial charge in [0.1, 0.15) is 11.2 Å². The molecule has 0 radical (unpaired) electrons. The van der Waals surface area contributed by atoms with Crippen molar-refractivity contribution in [1.29, 1.82) is 0 Å². The fraction of sp³-hybridized carbons (Fsp3) is 0. The second kappa shape index (κ2) is 12.2. The fourth-order valence-corrected chi connectivity index (χ4v) is 5.93. The number of benzene rings is 7. The van der Waals surface area contributed by atoms with E-state index in [9.17, 15) is 6.85 Å². The Bertz CT molecular complexity index is 2810. The molecule has 4 heteroatoms. The summed E-state index contributed by atoms with van der Waals surface area (Å²) >= 11 is 0. The number of hydrogen-bond donors (Lipinski definition) is 0. The molecule has 0 spiro atoms. The second-order valence-electron chi connectivity index (χ2n) is 11.6. The van der Waals surface area contributed by atoms with Gasteiger partial charge in [0.25, 0.3) is 0 Å². The van der Waals surface area contributed by atoms with Crippen LogP contribution in [-0.2, 0) is 0 Å². The highest BCUT2D eigenvalue weighted by atomic mass is 16.3. The van der Waals surface area contributed by atoms with Gasteiger partial charge in [0.2, 0.25) is 0 Å². The minimum atomic E-state index is -0.329. The molecule has 0 aliphatic rings. The van der Waals surface area contributed by atoms with Crippen molar-refractivity contribution in [3.8, 4) is 67.5 Å². The lowest BCUT2D eigenvalue weighted by Crippen LogP contribution is -2.00. The van der Waals surface area contributed by atoms with Crippen molar-refractivity contribution in [3.05, 3.63) is 176 Å². The smallest absolute Gasteiger partial charge is 0.164 e. The van der Waals surface area contributed by atoms with Crippen molar-refractivity contribution >= 4 is 21.9 Å². The lowest BCUT2D eigenvalue weighted by Gasteiger charge is -2.11. The van der Waals surface area contributed by atoms with Crippen molar-refractivity contribution in [2.24, 2.45) is 0 Å². The number of hydrogen-bond acceptors (Lipinski definition) is 4. The van der Waals surface area contributed by atoms with E-state index in [-0.39, 0.29) is 75.1 Å². The van der Waals surface area contributed by atoms with Crippen molar-refractivity contribution in [1.82, 2.24) is 15.0 Å². The molecule has 9 rings (SSSR count). The summed E-state index contributed by atoms with van der Waals surface area (Å²) in [6, 6.07) is 42.6. The number of fused-ring (bicyclic) bond motifs is 3. The Morgan fingerprint density at radius 1 is 0.347 bits per heavy atom. The number of aromatic nitrogens is 3. The van der Waals surface area contributed by atoms with Crippen LogP contribution in [0.25, 0.3) is 89.5 Å². The van der Waals surface area contributed by atoms with Crippen LogP contribution in [0.5, 0.6) is 0 Å². The zero-order chi connectivity index (χ0) is 37.8. The molecule has 0 saturated carbocycles. The van der Waals surface area contributed by atoms with Crippen LogP contribution in [0.1, 0.15) is 8.22 Å². The molecule has 230 valence electrons. The average Bonchev–Trinajstić information content (AvgIpc) is 3.65. The van der Waals surface area contributed by atoms with Crippen LogP contribution in [0.4, 0.5) is 0 Å². The van der Waals surface area contributed by atoms with Crippen molar-refractivity contribution in [3.63, 3.8) is 0 Å². The van der Waals surface area contributed by atoms with Gasteiger partial charge < -0.3 is 4.42 Å². The van der Waals surface area contributed by atoms with E-state index in [1.165, 1.54) is 0 Å². The van der Waals surface area contributed by atoms with E-state index >= 15 is 0 Å². The van der Waals surface area contributed by atoms with Gasteiger partial charge in [-0.3, -0.25) is 0 Å². The Hall–Kier alpha value is -6.65. The Morgan fingerprint density at radius 2 is 0.776 bits per heavy atom. The molecule has 49 heavy (non-hydrogen) atoms. The highest BCUT2D eigenvalue weighted by Crippen LogP contribution is 2.37. The lowest BCUT2D eigenvalue weighted by atomic mass is 9.93. The van der Waals surface area contributed by atoms with Gasteiger partial charge in [0.05, 0.1) is 8.22 Å². The molecule has 0 aliphatic heterocycles. The maximum atomic E-state index is 9.56. The van der Waals surface area contributed by atoms with Gasteiger partial charge in [-0.05, 0) is 75.7 Å². The van der Waals surface area contributed by atoms with Gasteiger partial charge in [-0.2, -0.15) is 0 Å². The summed E-state index contributed by atoms with van der Waals surface area (Å²) in [4.78, 5) is 14.1.